The molecule has 2 amide bonds. The molecule has 0 aromatic heterocycles. The van der Waals surface area contributed by atoms with Crippen molar-refractivity contribution in [2.24, 2.45) is 5.41 Å². The molecule has 1 saturated heterocycles. The maximum Gasteiger partial charge on any atom is 0.324 e. The van der Waals surface area contributed by atoms with E-state index in [1.54, 1.807) is 23.8 Å². The van der Waals surface area contributed by atoms with Crippen molar-refractivity contribution in [3.05, 3.63) is 29.8 Å². The maximum atomic E-state index is 12.6. The predicted octanol–water partition coefficient (Wildman–Crippen LogP) is 2.74. The van der Waals surface area contributed by atoms with Gasteiger partial charge >= 0.3 is 12.0 Å². The molecule has 1 atom stereocenters. The summed E-state index contributed by atoms with van der Waals surface area (Å²) in [6.07, 6.45) is 1.33. The molecule has 1 aliphatic rings. The molecule has 1 fully saturated rings. The van der Waals surface area contributed by atoms with Gasteiger partial charge in [-0.3, -0.25) is 9.69 Å². The molecule has 1 heterocycles. The van der Waals surface area contributed by atoms with Crippen LogP contribution in [-0.2, 0) is 4.79 Å². The Bertz CT molecular complexity index is 558. The highest BCUT2D eigenvalue weighted by atomic mass is 16.4. The van der Waals surface area contributed by atoms with Gasteiger partial charge in [0.2, 0.25) is 0 Å². The fourth-order valence-corrected chi connectivity index (χ4v) is 2.83. The lowest BCUT2D eigenvalue weighted by Gasteiger charge is -2.39. The van der Waals surface area contributed by atoms with Crippen molar-refractivity contribution in [2.45, 2.75) is 26.7 Å². The van der Waals surface area contributed by atoms with E-state index in [1.807, 2.05) is 31.2 Å². The number of likely N-dealkylation sites (tertiary alicyclic amines) is 1. The van der Waals surface area contributed by atoms with E-state index in [0.717, 1.165) is 17.7 Å². The number of hydrogen-bond acceptors (Lipinski definition) is 2. The number of nitrogens with zero attached hydrogens (tertiary/aromatic N) is 2. The molecule has 1 aromatic carbocycles. The molecule has 0 spiro atoms. The molecule has 1 aliphatic heterocycles. The highest BCUT2D eigenvalue weighted by molar-refractivity contribution is 5.92. The summed E-state index contributed by atoms with van der Waals surface area (Å²) < 4.78 is 0. The van der Waals surface area contributed by atoms with Gasteiger partial charge < -0.3 is 10.0 Å². The minimum Gasteiger partial charge on any atom is -0.481 e. The van der Waals surface area contributed by atoms with E-state index >= 15 is 0 Å². The molecule has 2 rings (SSSR count). The summed E-state index contributed by atoms with van der Waals surface area (Å²) >= 11 is 0. The zero-order valence-corrected chi connectivity index (χ0v) is 12.8. The number of rotatable bonds is 2. The lowest BCUT2D eigenvalue weighted by Crippen LogP contribution is -2.52. The summed E-state index contributed by atoms with van der Waals surface area (Å²) in [7, 11) is 1.73. The standard InChI is InChI=1S/C16H22N2O3/c1-12-7-4-5-8-13(12)17(3)15(21)18-10-6-9-16(2,11-18)14(19)20/h4-5,7-8H,6,9-11H2,1-3H3,(H,19,20). The van der Waals surface area contributed by atoms with Crippen LogP contribution in [0.3, 0.4) is 0 Å². The van der Waals surface area contributed by atoms with Gasteiger partial charge in [-0.2, -0.15) is 0 Å². The van der Waals surface area contributed by atoms with Crippen molar-refractivity contribution in [1.29, 1.82) is 0 Å². The quantitative estimate of drug-likeness (QED) is 0.911. The normalized spacial score (nSPS) is 22.0. The number of urea groups is 1. The third-order valence-corrected chi connectivity index (χ3v) is 4.25. The van der Waals surface area contributed by atoms with Crippen LogP contribution in [-0.4, -0.2) is 42.1 Å². The fourth-order valence-electron chi connectivity index (χ4n) is 2.83. The van der Waals surface area contributed by atoms with E-state index in [0.29, 0.717) is 13.0 Å². The summed E-state index contributed by atoms with van der Waals surface area (Å²) in [6.45, 7) is 4.54. The van der Waals surface area contributed by atoms with E-state index < -0.39 is 11.4 Å². The monoisotopic (exact) mass is 290 g/mol. The molecule has 114 valence electrons. The van der Waals surface area contributed by atoms with E-state index in [9.17, 15) is 14.7 Å². The van der Waals surface area contributed by atoms with Gasteiger partial charge in [0.15, 0.2) is 0 Å². The molecular weight excluding hydrogens is 268 g/mol. The van der Waals surface area contributed by atoms with E-state index in [1.165, 1.54) is 0 Å². The van der Waals surface area contributed by atoms with Crippen LogP contribution in [0.2, 0.25) is 0 Å². The van der Waals surface area contributed by atoms with Crippen LogP contribution < -0.4 is 4.90 Å². The Morgan fingerprint density at radius 2 is 2.00 bits per heavy atom. The van der Waals surface area contributed by atoms with Crippen molar-refractivity contribution in [3.8, 4) is 0 Å². The number of carbonyl (C=O) groups excluding carboxylic acids is 1. The second kappa shape index (κ2) is 5.76. The smallest absolute Gasteiger partial charge is 0.324 e. The zero-order valence-electron chi connectivity index (χ0n) is 12.8. The minimum atomic E-state index is -0.847. The summed E-state index contributed by atoms with van der Waals surface area (Å²) in [4.78, 5) is 27.2. The molecule has 21 heavy (non-hydrogen) atoms. The highest BCUT2D eigenvalue weighted by Crippen LogP contribution is 2.31. The Balaban J connectivity index is 2.16. The number of hydrogen-bond donors (Lipinski definition) is 1. The molecule has 1 unspecified atom stereocenters. The van der Waals surface area contributed by atoms with Crippen molar-refractivity contribution in [1.82, 2.24) is 4.90 Å². The number of aliphatic carboxylic acids is 1. The lowest BCUT2D eigenvalue weighted by atomic mass is 9.82. The molecule has 0 radical (unpaired) electrons. The molecule has 0 bridgehead atoms. The van der Waals surface area contributed by atoms with Crippen LogP contribution in [0.1, 0.15) is 25.3 Å². The lowest BCUT2D eigenvalue weighted by molar-refractivity contribution is -0.150. The first-order valence-electron chi connectivity index (χ1n) is 7.17. The first kappa shape index (κ1) is 15.4. The SMILES string of the molecule is Cc1ccccc1N(C)C(=O)N1CCCC(C)(C(=O)O)C1. The Morgan fingerprint density at radius 1 is 1.33 bits per heavy atom. The predicted molar refractivity (Wildman–Crippen MR) is 81.5 cm³/mol. The van der Waals surface area contributed by atoms with E-state index in [-0.39, 0.29) is 12.6 Å². The van der Waals surface area contributed by atoms with E-state index in [4.69, 9.17) is 0 Å². The van der Waals surface area contributed by atoms with Crippen molar-refractivity contribution in [2.75, 3.05) is 25.0 Å². The molecule has 5 heteroatoms. The number of piperidine rings is 1. The zero-order chi connectivity index (χ0) is 15.6. The van der Waals surface area contributed by atoms with Gasteiger partial charge in [-0.05, 0) is 38.3 Å². The number of aryl methyl sites for hydroxylation is 1. The van der Waals surface area contributed by atoms with Gasteiger partial charge in [0.05, 0.1) is 5.41 Å². The highest BCUT2D eigenvalue weighted by Gasteiger charge is 2.40. The van der Waals surface area contributed by atoms with Crippen molar-refractivity contribution < 1.29 is 14.7 Å². The molecule has 1 N–H and O–H groups in total. The van der Waals surface area contributed by atoms with Crippen LogP contribution in [0.15, 0.2) is 24.3 Å². The van der Waals surface area contributed by atoms with Crippen LogP contribution in [0, 0.1) is 12.3 Å². The van der Waals surface area contributed by atoms with Crippen molar-refractivity contribution >= 4 is 17.7 Å². The Labute approximate surface area is 125 Å². The fraction of sp³-hybridized carbons (Fsp3) is 0.500. The summed E-state index contributed by atoms with van der Waals surface area (Å²) in [6, 6.07) is 7.53. The third-order valence-electron chi connectivity index (χ3n) is 4.25. The molecule has 0 aliphatic carbocycles. The molecular formula is C16H22N2O3. The first-order valence-corrected chi connectivity index (χ1v) is 7.17. The number of benzene rings is 1. The summed E-state index contributed by atoms with van der Waals surface area (Å²) in [5.41, 5.74) is 1.02. The minimum absolute atomic E-state index is 0.142. The molecule has 1 aromatic rings. The molecule has 0 saturated carbocycles. The topological polar surface area (TPSA) is 60.9 Å². The van der Waals surface area contributed by atoms with Gasteiger partial charge in [0.25, 0.3) is 0 Å². The summed E-state index contributed by atoms with van der Waals surface area (Å²) in [5, 5.41) is 9.35. The first-order chi connectivity index (χ1) is 9.85. The number of anilines is 1. The number of carbonyl (C=O) groups is 2. The van der Waals surface area contributed by atoms with Crippen LogP contribution in [0.4, 0.5) is 10.5 Å². The number of para-hydroxylation sites is 1. The Morgan fingerprint density at radius 3 is 2.62 bits per heavy atom. The number of amides is 2. The maximum absolute atomic E-state index is 12.6. The summed E-state index contributed by atoms with van der Waals surface area (Å²) in [5.74, 6) is -0.835. The van der Waals surface area contributed by atoms with Gasteiger partial charge in [0, 0.05) is 25.8 Å². The Kier molecular flexibility index (Phi) is 4.21. The van der Waals surface area contributed by atoms with Gasteiger partial charge in [-0.25, -0.2) is 4.79 Å². The second-order valence-electron chi connectivity index (χ2n) is 6.02. The Hall–Kier alpha value is -2.04. The van der Waals surface area contributed by atoms with Gasteiger partial charge in [-0.1, -0.05) is 18.2 Å². The van der Waals surface area contributed by atoms with Gasteiger partial charge in [-0.15, -0.1) is 0 Å². The van der Waals surface area contributed by atoms with Crippen molar-refractivity contribution in [3.63, 3.8) is 0 Å². The number of carboxylic acids is 1. The van der Waals surface area contributed by atoms with Crippen LogP contribution >= 0.6 is 0 Å². The number of carboxylic acid groups (broad SMARTS) is 1. The third kappa shape index (κ3) is 3.01. The largest absolute Gasteiger partial charge is 0.481 e. The van der Waals surface area contributed by atoms with E-state index in [2.05, 4.69) is 0 Å². The average Bonchev–Trinajstić information content (AvgIpc) is 2.46. The van der Waals surface area contributed by atoms with Gasteiger partial charge in [0.1, 0.15) is 0 Å². The molecule has 5 nitrogen and oxygen atoms in total. The second-order valence-corrected chi connectivity index (χ2v) is 6.02. The average molecular weight is 290 g/mol. The van der Waals surface area contributed by atoms with Crippen LogP contribution in [0.25, 0.3) is 0 Å². The van der Waals surface area contributed by atoms with Crippen LogP contribution in [0.5, 0.6) is 0 Å².